The van der Waals surface area contributed by atoms with Gasteiger partial charge in [-0.2, -0.15) is 4.98 Å². The molecule has 0 radical (unpaired) electrons. The standard InChI is InChI=1S/C18H24N4/c1-14-7-9-16(10-8-14)20-17-13-15(2)19-18(21-17)22-11-5-3-4-6-12-22/h7-10,13H,3-6,11-12H2,1-2H3,(H,19,20,21). The quantitative estimate of drug-likeness (QED) is 0.921. The van der Waals surface area contributed by atoms with Gasteiger partial charge in [0.25, 0.3) is 0 Å². The maximum absolute atomic E-state index is 4.72. The Bertz CT molecular complexity index is 613. The molecule has 116 valence electrons. The molecule has 1 aliphatic rings. The van der Waals surface area contributed by atoms with Crippen molar-refractivity contribution in [1.82, 2.24) is 9.97 Å². The second kappa shape index (κ2) is 6.77. The van der Waals surface area contributed by atoms with E-state index in [4.69, 9.17) is 4.98 Å². The third-order valence-electron chi connectivity index (χ3n) is 4.06. The lowest BCUT2D eigenvalue weighted by molar-refractivity contribution is 0.726. The van der Waals surface area contributed by atoms with Crippen LogP contribution in [0, 0.1) is 13.8 Å². The highest BCUT2D eigenvalue weighted by Gasteiger charge is 2.13. The fourth-order valence-corrected chi connectivity index (χ4v) is 2.81. The normalized spacial score (nSPS) is 15.5. The Hall–Kier alpha value is -2.10. The van der Waals surface area contributed by atoms with Gasteiger partial charge in [0.15, 0.2) is 0 Å². The van der Waals surface area contributed by atoms with E-state index >= 15 is 0 Å². The number of hydrogen-bond donors (Lipinski definition) is 1. The first-order valence-electron chi connectivity index (χ1n) is 8.15. The lowest BCUT2D eigenvalue weighted by atomic mass is 10.2. The van der Waals surface area contributed by atoms with Gasteiger partial charge in [0.2, 0.25) is 5.95 Å². The van der Waals surface area contributed by atoms with E-state index in [0.29, 0.717) is 0 Å². The highest BCUT2D eigenvalue weighted by atomic mass is 15.3. The summed E-state index contributed by atoms with van der Waals surface area (Å²) in [5.74, 6) is 1.73. The number of nitrogens with one attached hydrogen (secondary N) is 1. The largest absolute Gasteiger partial charge is 0.341 e. The van der Waals surface area contributed by atoms with Crippen molar-refractivity contribution >= 4 is 17.5 Å². The number of benzene rings is 1. The van der Waals surface area contributed by atoms with Crippen LogP contribution in [-0.2, 0) is 0 Å². The molecule has 4 heteroatoms. The molecule has 0 saturated carbocycles. The molecule has 2 heterocycles. The smallest absolute Gasteiger partial charge is 0.227 e. The Balaban J connectivity index is 1.81. The summed E-state index contributed by atoms with van der Waals surface area (Å²) in [4.78, 5) is 11.7. The van der Waals surface area contributed by atoms with Gasteiger partial charge < -0.3 is 10.2 Å². The van der Waals surface area contributed by atoms with Crippen LogP contribution < -0.4 is 10.2 Å². The first kappa shape index (κ1) is 14.8. The number of aryl methyl sites for hydroxylation is 2. The summed E-state index contributed by atoms with van der Waals surface area (Å²) in [6.45, 7) is 6.25. The number of anilines is 3. The van der Waals surface area contributed by atoms with Crippen LogP contribution >= 0.6 is 0 Å². The molecule has 0 spiro atoms. The number of aromatic nitrogens is 2. The van der Waals surface area contributed by atoms with E-state index in [1.165, 1.54) is 31.2 Å². The third kappa shape index (κ3) is 3.75. The number of rotatable bonds is 3. The molecule has 22 heavy (non-hydrogen) atoms. The molecule has 1 N–H and O–H groups in total. The third-order valence-corrected chi connectivity index (χ3v) is 4.06. The molecular weight excluding hydrogens is 272 g/mol. The molecule has 0 aliphatic carbocycles. The molecule has 2 aromatic rings. The Morgan fingerprint density at radius 3 is 2.27 bits per heavy atom. The molecule has 1 aromatic carbocycles. The van der Waals surface area contributed by atoms with Crippen LogP contribution in [0.25, 0.3) is 0 Å². The van der Waals surface area contributed by atoms with Crippen LogP contribution in [-0.4, -0.2) is 23.1 Å². The Morgan fingerprint density at radius 1 is 0.909 bits per heavy atom. The fourth-order valence-electron chi connectivity index (χ4n) is 2.81. The predicted molar refractivity (Wildman–Crippen MR) is 91.9 cm³/mol. The van der Waals surface area contributed by atoms with E-state index in [-0.39, 0.29) is 0 Å². The van der Waals surface area contributed by atoms with Crippen molar-refractivity contribution in [3.63, 3.8) is 0 Å². The summed E-state index contributed by atoms with van der Waals surface area (Å²) >= 11 is 0. The van der Waals surface area contributed by atoms with Gasteiger partial charge in [0, 0.05) is 30.5 Å². The monoisotopic (exact) mass is 296 g/mol. The van der Waals surface area contributed by atoms with Gasteiger partial charge in [-0.1, -0.05) is 30.5 Å². The minimum absolute atomic E-state index is 0.858. The molecule has 0 unspecified atom stereocenters. The molecule has 1 saturated heterocycles. The molecule has 0 atom stereocenters. The van der Waals surface area contributed by atoms with Crippen LogP contribution in [0.5, 0.6) is 0 Å². The molecule has 1 aromatic heterocycles. The SMILES string of the molecule is Cc1ccc(Nc2cc(C)nc(N3CCCCCC3)n2)cc1. The molecular formula is C18H24N4. The molecule has 1 fully saturated rings. The lowest BCUT2D eigenvalue weighted by Crippen LogP contribution is -2.26. The van der Waals surface area contributed by atoms with E-state index in [9.17, 15) is 0 Å². The van der Waals surface area contributed by atoms with Gasteiger partial charge in [0.05, 0.1) is 0 Å². The summed E-state index contributed by atoms with van der Waals surface area (Å²) in [5, 5.41) is 3.39. The van der Waals surface area contributed by atoms with Crippen molar-refractivity contribution in [2.24, 2.45) is 0 Å². The second-order valence-corrected chi connectivity index (χ2v) is 6.09. The van der Waals surface area contributed by atoms with Gasteiger partial charge in [-0.25, -0.2) is 4.98 Å². The minimum Gasteiger partial charge on any atom is -0.341 e. The van der Waals surface area contributed by atoms with Crippen LogP contribution in [0.4, 0.5) is 17.5 Å². The minimum atomic E-state index is 0.858. The summed E-state index contributed by atoms with van der Waals surface area (Å²) in [7, 11) is 0. The summed E-state index contributed by atoms with van der Waals surface area (Å²) < 4.78 is 0. The van der Waals surface area contributed by atoms with Gasteiger partial charge >= 0.3 is 0 Å². The molecule has 1 aliphatic heterocycles. The van der Waals surface area contributed by atoms with Gasteiger partial charge in [-0.3, -0.25) is 0 Å². The van der Waals surface area contributed by atoms with Crippen molar-refractivity contribution in [3.8, 4) is 0 Å². The number of hydrogen-bond acceptors (Lipinski definition) is 4. The lowest BCUT2D eigenvalue weighted by Gasteiger charge is -2.21. The molecule has 4 nitrogen and oxygen atoms in total. The second-order valence-electron chi connectivity index (χ2n) is 6.09. The van der Waals surface area contributed by atoms with Crippen molar-refractivity contribution < 1.29 is 0 Å². The average Bonchev–Trinajstić information content (AvgIpc) is 2.78. The van der Waals surface area contributed by atoms with Crippen LogP contribution in [0.15, 0.2) is 30.3 Å². The number of nitrogens with zero attached hydrogens (tertiary/aromatic N) is 3. The summed E-state index contributed by atoms with van der Waals surface area (Å²) in [6.07, 6.45) is 5.10. The summed E-state index contributed by atoms with van der Waals surface area (Å²) in [6, 6.07) is 10.4. The van der Waals surface area contributed by atoms with E-state index < -0.39 is 0 Å². The van der Waals surface area contributed by atoms with Gasteiger partial charge in [0.1, 0.15) is 5.82 Å². The van der Waals surface area contributed by atoms with E-state index in [1.54, 1.807) is 0 Å². The van der Waals surface area contributed by atoms with Gasteiger partial charge in [-0.05, 0) is 38.8 Å². The summed E-state index contributed by atoms with van der Waals surface area (Å²) in [5.41, 5.74) is 3.32. The highest BCUT2D eigenvalue weighted by Crippen LogP contribution is 2.21. The Labute approximate surface area is 132 Å². The maximum Gasteiger partial charge on any atom is 0.227 e. The van der Waals surface area contributed by atoms with E-state index in [2.05, 4.69) is 46.4 Å². The fraction of sp³-hybridized carbons (Fsp3) is 0.444. The molecule has 0 amide bonds. The van der Waals surface area contributed by atoms with Crippen molar-refractivity contribution in [2.75, 3.05) is 23.3 Å². The predicted octanol–water partition coefficient (Wildman–Crippen LogP) is 4.22. The Morgan fingerprint density at radius 2 is 1.59 bits per heavy atom. The Kier molecular flexibility index (Phi) is 4.56. The first-order chi connectivity index (χ1) is 10.7. The zero-order valence-corrected chi connectivity index (χ0v) is 13.5. The van der Waals surface area contributed by atoms with Crippen molar-refractivity contribution in [2.45, 2.75) is 39.5 Å². The zero-order chi connectivity index (χ0) is 15.4. The van der Waals surface area contributed by atoms with Crippen molar-refractivity contribution in [1.29, 1.82) is 0 Å². The van der Waals surface area contributed by atoms with Gasteiger partial charge in [-0.15, -0.1) is 0 Å². The zero-order valence-electron chi connectivity index (χ0n) is 13.5. The van der Waals surface area contributed by atoms with E-state index in [0.717, 1.165) is 36.2 Å². The van der Waals surface area contributed by atoms with Crippen molar-refractivity contribution in [3.05, 3.63) is 41.6 Å². The molecule has 0 bridgehead atoms. The topological polar surface area (TPSA) is 41.1 Å². The average molecular weight is 296 g/mol. The molecule has 3 rings (SSSR count). The first-order valence-corrected chi connectivity index (χ1v) is 8.15. The van der Waals surface area contributed by atoms with Crippen LogP contribution in [0.3, 0.4) is 0 Å². The van der Waals surface area contributed by atoms with E-state index in [1.807, 2.05) is 13.0 Å². The van der Waals surface area contributed by atoms with Crippen LogP contribution in [0.2, 0.25) is 0 Å². The van der Waals surface area contributed by atoms with Crippen LogP contribution in [0.1, 0.15) is 36.9 Å². The highest BCUT2D eigenvalue weighted by molar-refractivity contribution is 5.58. The maximum atomic E-state index is 4.72.